The van der Waals surface area contributed by atoms with Crippen LogP contribution < -0.4 is 0 Å². The summed E-state index contributed by atoms with van der Waals surface area (Å²) in [5.41, 5.74) is 0. The van der Waals surface area contributed by atoms with Crippen molar-refractivity contribution in [3.8, 4) is 0 Å². The largest absolute Gasteiger partial charge is 0.469 e. The van der Waals surface area contributed by atoms with Gasteiger partial charge in [0.05, 0.1) is 13.0 Å². The van der Waals surface area contributed by atoms with Gasteiger partial charge < -0.3 is 14.9 Å². The van der Waals surface area contributed by atoms with Crippen molar-refractivity contribution in [3.63, 3.8) is 0 Å². The molecule has 0 amide bonds. The summed E-state index contributed by atoms with van der Waals surface area (Å²) in [6.07, 6.45) is 1.61. The van der Waals surface area contributed by atoms with Crippen LogP contribution in [0.4, 0.5) is 5.82 Å². The van der Waals surface area contributed by atoms with E-state index in [9.17, 15) is 14.9 Å². The molecule has 0 aliphatic carbocycles. The van der Waals surface area contributed by atoms with Crippen molar-refractivity contribution in [1.29, 1.82) is 0 Å². The van der Waals surface area contributed by atoms with Crippen LogP contribution in [0.5, 0.6) is 0 Å². The summed E-state index contributed by atoms with van der Waals surface area (Å²) in [5, 5.41) is 13.1. The lowest BCUT2D eigenvalue weighted by atomic mass is 10.2. The zero-order chi connectivity index (χ0) is 14.0. The van der Waals surface area contributed by atoms with Crippen molar-refractivity contribution in [3.05, 3.63) is 21.7 Å². The van der Waals surface area contributed by atoms with Crippen molar-refractivity contribution in [2.24, 2.45) is 5.92 Å². The molecule has 2 heterocycles. The van der Waals surface area contributed by atoms with E-state index in [4.69, 9.17) is 0 Å². The molecule has 0 saturated carbocycles. The number of carbonyl (C=O) groups excluding carboxylic acids is 1. The Morgan fingerprint density at radius 3 is 3.11 bits per heavy atom. The number of ether oxygens (including phenoxy) is 1. The van der Waals surface area contributed by atoms with Crippen molar-refractivity contribution in [1.82, 2.24) is 9.38 Å². The molecule has 2 aromatic heterocycles. The maximum absolute atomic E-state index is 11.3. The van der Waals surface area contributed by atoms with Gasteiger partial charge in [0.15, 0.2) is 5.03 Å². The van der Waals surface area contributed by atoms with E-state index in [1.54, 1.807) is 18.5 Å². The fourth-order valence-corrected chi connectivity index (χ4v) is 3.25. The highest BCUT2D eigenvalue weighted by atomic mass is 32.2. The van der Waals surface area contributed by atoms with Crippen LogP contribution in [0.1, 0.15) is 6.92 Å². The van der Waals surface area contributed by atoms with Gasteiger partial charge in [-0.25, -0.2) is 0 Å². The van der Waals surface area contributed by atoms with Gasteiger partial charge in [0, 0.05) is 11.1 Å². The number of hydrogen-bond donors (Lipinski definition) is 0. The smallest absolute Gasteiger partial charge is 0.362 e. The van der Waals surface area contributed by atoms with Gasteiger partial charge in [-0.05, 0) is 4.92 Å². The molecule has 0 radical (unpaired) electrons. The fourth-order valence-electron chi connectivity index (χ4n) is 1.49. The number of hydrogen-bond acceptors (Lipinski definition) is 7. The highest BCUT2D eigenvalue weighted by Gasteiger charge is 2.25. The van der Waals surface area contributed by atoms with E-state index in [0.717, 1.165) is 0 Å². The zero-order valence-corrected chi connectivity index (χ0v) is 11.9. The van der Waals surface area contributed by atoms with Crippen LogP contribution >= 0.6 is 23.1 Å². The molecule has 0 aliphatic heterocycles. The maximum atomic E-state index is 11.3. The van der Waals surface area contributed by atoms with Crippen molar-refractivity contribution in [2.75, 3.05) is 12.9 Å². The number of carbonyl (C=O) groups is 1. The topological polar surface area (TPSA) is 86.7 Å². The number of nitrogens with zero attached hydrogens (tertiary/aromatic N) is 3. The third kappa shape index (κ3) is 2.71. The lowest BCUT2D eigenvalue weighted by Gasteiger charge is -2.06. The number of thioether (sulfide) groups is 1. The van der Waals surface area contributed by atoms with E-state index >= 15 is 0 Å². The molecule has 9 heteroatoms. The van der Waals surface area contributed by atoms with Gasteiger partial charge in [0.25, 0.3) is 4.96 Å². The van der Waals surface area contributed by atoms with Crippen molar-refractivity contribution in [2.45, 2.75) is 11.9 Å². The molecule has 0 saturated heterocycles. The summed E-state index contributed by atoms with van der Waals surface area (Å²) in [4.78, 5) is 26.7. The van der Waals surface area contributed by atoms with Crippen molar-refractivity contribution >= 4 is 39.8 Å². The monoisotopic (exact) mass is 301 g/mol. The van der Waals surface area contributed by atoms with E-state index in [2.05, 4.69) is 9.72 Å². The molecule has 2 rings (SSSR count). The number of thiazole rings is 1. The van der Waals surface area contributed by atoms with Crippen LogP contribution in [-0.2, 0) is 9.53 Å². The van der Waals surface area contributed by atoms with Gasteiger partial charge >= 0.3 is 11.8 Å². The summed E-state index contributed by atoms with van der Waals surface area (Å²) in [6, 6.07) is 0. The molecule has 19 heavy (non-hydrogen) atoms. The number of imidazole rings is 1. The molecule has 0 aliphatic rings. The number of methoxy groups -OCH3 is 1. The molecule has 1 unspecified atom stereocenters. The first-order chi connectivity index (χ1) is 9.04. The summed E-state index contributed by atoms with van der Waals surface area (Å²) in [5.74, 6) is -0.345. The number of esters is 1. The normalized spacial score (nSPS) is 12.5. The van der Waals surface area contributed by atoms with Crippen LogP contribution in [0.2, 0.25) is 0 Å². The Kier molecular flexibility index (Phi) is 4.05. The van der Waals surface area contributed by atoms with Crippen molar-refractivity contribution < 1.29 is 14.5 Å². The van der Waals surface area contributed by atoms with Crippen LogP contribution in [0.3, 0.4) is 0 Å². The third-order valence-electron chi connectivity index (χ3n) is 2.45. The minimum absolute atomic E-state index is 0.0571. The Bertz CT molecular complexity index is 621. The first-order valence-electron chi connectivity index (χ1n) is 5.35. The Morgan fingerprint density at radius 1 is 1.74 bits per heavy atom. The average molecular weight is 301 g/mol. The van der Waals surface area contributed by atoms with Crippen LogP contribution in [0, 0.1) is 16.0 Å². The van der Waals surface area contributed by atoms with Gasteiger partial charge in [-0.2, -0.15) is 9.38 Å². The predicted octanol–water partition coefficient (Wildman–Crippen LogP) is 2.21. The molecule has 102 valence electrons. The Morgan fingerprint density at radius 2 is 2.47 bits per heavy atom. The number of aromatic nitrogens is 2. The van der Waals surface area contributed by atoms with E-state index in [1.165, 1.54) is 34.6 Å². The zero-order valence-electron chi connectivity index (χ0n) is 10.2. The number of rotatable bonds is 5. The SMILES string of the molecule is COC(=O)C(C)CSc1nc2sccn2c1[N+](=O)[O-]. The second-order valence-electron chi connectivity index (χ2n) is 3.79. The number of fused-ring (bicyclic) bond motifs is 1. The number of nitro groups is 1. The molecule has 0 N–H and O–H groups in total. The van der Waals surface area contributed by atoms with Gasteiger partial charge in [0.1, 0.15) is 6.20 Å². The molecular formula is C10H11N3O4S2. The van der Waals surface area contributed by atoms with E-state index in [0.29, 0.717) is 15.7 Å². The standard InChI is InChI=1S/C10H11N3O4S2/c1-6(9(14)17-2)5-19-7-8(13(15)16)12-3-4-18-10(12)11-7/h3-4,6H,5H2,1-2H3. The van der Waals surface area contributed by atoms with Crippen LogP contribution in [0.15, 0.2) is 16.6 Å². The highest BCUT2D eigenvalue weighted by molar-refractivity contribution is 7.99. The highest BCUT2D eigenvalue weighted by Crippen LogP contribution is 2.32. The lowest BCUT2D eigenvalue weighted by Crippen LogP contribution is -2.14. The second kappa shape index (κ2) is 5.57. The van der Waals surface area contributed by atoms with E-state index in [1.807, 2.05) is 0 Å². The quantitative estimate of drug-likeness (QED) is 0.364. The second-order valence-corrected chi connectivity index (χ2v) is 5.67. The minimum Gasteiger partial charge on any atom is -0.469 e. The molecule has 7 nitrogen and oxygen atoms in total. The molecular weight excluding hydrogens is 290 g/mol. The molecule has 0 fully saturated rings. The van der Waals surface area contributed by atoms with E-state index < -0.39 is 4.92 Å². The third-order valence-corrected chi connectivity index (χ3v) is 4.42. The van der Waals surface area contributed by atoms with Gasteiger partial charge in [-0.3, -0.25) is 4.79 Å². The first-order valence-corrected chi connectivity index (χ1v) is 7.21. The maximum Gasteiger partial charge on any atom is 0.362 e. The first kappa shape index (κ1) is 13.8. The molecule has 0 aromatic carbocycles. The Labute approximate surface area is 116 Å². The summed E-state index contributed by atoms with van der Waals surface area (Å²) in [7, 11) is 1.32. The minimum atomic E-state index is -0.460. The Balaban J connectivity index is 2.20. The summed E-state index contributed by atoms with van der Waals surface area (Å²) in [6.45, 7) is 1.71. The molecule has 1 atom stereocenters. The van der Waals surface area contributed by atoms with E-state index in [-0.39, 0.29) is 17.7 Å². The van der Waals surface area contributed by atoms with Gasteiger partial charge in [-0.1, -0.05) is 30.0 Å². The van der Waals surface area contributed by atoms with Gasteiger partial charge in [0.2, 0.25) is 0 Å². The summed E-state index contributed by atoms with van der Waals surface area (Å²) >= 11 is 2.52. The summed E-state index contributed by atoms with van der Waals surface area (Å²) < 4.78 is 6.05. The van der Waals surface area contributed by atoms with Crippen LogP contribution in [-0.4, -0.2) is 33.1 Å². The average Bonchev–Trinajstić information content (AvgIpc) is 2.93. The molecule has 2 aromatic rings. The predicted molar refractivity (Wildman–Crippen MR) is 71.6 cm³/mol. The molecule has 0 spiro atoms. The molecule has 0 bridgehead atoms. The Hall–Kier alpha value is -1.61. The fraction of sp³-hybridized carbons (Fsp3) is 0.400. The van der Waals surface area contributed by atoms with Gasteiger partial charge in [-0.15, -0.1) is 0 Å². The van der Waals surface area contributed by atoms with Crippen LogP contribution in [0.25, 0.3) is 4.96 Å². The lowest BCUT2D eigenvalue weighted by molar-refractivity contribution is -0.393.